The number of rotatable bonds is 15. The van der Waals surface area contributed by atoms with Crippen LogP contribution in [0.4, 0.5) is 8.78 Å². The number of amides is 3. The standard InChI is InChI=1S/C24H37FN2O2.C24H35FN2O.C23H36N2O.2H2/c1-23(2,3)10-13-27-14-11-24(12-15-27)9-7-21(26-22(28)8-16-29-4)19-6-5-18(25)17-20(19)24;1-23(2,3)10-13-27-14-11-24(12-15-27)9-8-21(26-22(28)17-4-5-17)19-7-6-18(25)16-20(19)24;1-5-25(19(4)26)22-10-12-23(21-9-7-6-8-20(21)22)13-16-24(17-14-23)15-11-18(2)3;;/h5-6,17,21H,7-16H2,1-4H3,(H,26,28);6-7,16-17,21H,4-5,8-15H2,1-3H3,(H,26,28);6-9,18,22H,5,10-17H2,1-4H3;2*1H/t2*21-;22-;;/m010../s1. The first kappa shape index (κ1) is 64.8. The van der Waals surface area contributed by atoms with Crippen molar-refractivity contribution in [2.75, 3.05) is 79.2 Å². The van der Waals surface area contributed by atoms with Crippen molar-refractivity contribution >= 4 is 17.7 Å². The molecule has 3 amide bonds. The van der Waals surface area contributed by atoms with E-state index in [0.29, 0.717) is 29.3 Å². The Morgan fingerprint density at radius 3 is 1.53 bits per heavy atom. The summed E-state index contributed by atoms with van der Waals surface area (Å²) in [4.78, 5) is 46.6. The summed E-state index contributed by atoms with van der Waals surface area (Å²) >= 11 is 0. The molecule has 3 aromatic carbocycles. The average Bonchev–Trinajstić information content (AvgIpc) is 2.19. The molecule has 7 aliphatic rings. The normalized spacial score (nSPS) is 23.0. The van der Waals surface area contributed by atoms with Crippen LogP contribution in [0, 0.1) is 34.3 Å². The minimum atomic E-state index is -0.176. The highest BCUT2D eigenvalue weighted by Crippen LogP contribution is 2.52. The summed E-state index contributed by atoms with van der Waals surface area (Å²) in [5, 5.41) is 6.40. The van der Waals surface area contributed by atoms with E-state index < -0.39 is 0 Å². The fourth-order valence-corrected chi connectivity index (χ4v) is 15.0. The number of likely N-dealkylation sites (tertiary alicyclic amines) is 3. The lowest BCUT2D eigenvalue weighted by Crippen LogP contribution is -2.47. The quantitative estimate of drug-likeness (QED) is 0.156. The number of nitrogens with one attached hydrogen (secondary N) is 2. The molecule has 10 rings (SSSR count). The molecule has 10 nitrogen and oxygen atoms in total. The zero-order valence-electron chi connectivity index (χ0n) is 53.3. The number of methoxy groups -OCH3 is 1. The van der Waals surface area contributed by atoms with Crippen molar-refractivity contribution in [3.05, 3.63) is 106 Å². The van der Waals surface area contributed by atoms with Crippen molar-refractivity contribution < 1.29 is 30.8 Å². The van der Waals surface area contributed by atoms with Gasteiger partial charge in [-0.3, -0.25) is 14.4 Å². The Hall–Kier alpha value is -4.23. The van der Waals surface area contributed by atoms with Gasteiger partial charge in [0.25, 0.3) is 0 Å². The van der Waals surface area contributed by atoms with Gasteiger partial charge in [0.1, 0.15) is 11.6 Å². The lowest BCUT2D eigenvalue weighted by atomic mass is 9.63. The Labute approximate surface area is 503 Å². The lowest BCUT2D eigenvalue weighted by Gasteiger charge is -2.49. The van der Waals surface area contributed by atoms with Crippen LogP contribution in [-0.4, -0.2) is 116 Å². The number of nitrogens with zero attached hydrogens (tertiary/aromatic N) is 4. The number of benzene rings is 3. The molecular formula is C71H112F2N6O4. The number of halogens is 2. The van der Waals surface area contributed by atoms with Gasteiger partial charge in [-0.15, -0.1) is 0 Å². The van der Waals surface area contributed by atoms with E-state index in [-0.39, 0.29) is 67.1 Å². The molecule has 0 aromatic heterocycles. The summed E-state index contributed by atoms with van der Waals surface area (Å²) in [6, 6.07) is 19.6. The smallest absolute Gasteiger partial charge is 0.223 e. The second-order valence-electron chi connectivity index (χ2n) is 29.4. The molecule has 3 aliphatic heterocycles. The molecule has 83 heavy (non-hydrogen) atoms. The molecule has 464 valence electrons. The first-order chi connectivity index (χ1) is 39.4. The summed E-state index contributed by atoms with van der Waals surface area (Å²) in [6.45, 7) is 33.7. The number of carbonyl (C=O) groups is 3. The van der Waals surface area contributed by atoms with Crippen LogP contribution in [0.2, 0.25) is 0 Å². The van der Waals surface area contributed by atoms with Gasteiger partial charge in [0, 0.05) is 35.8 Å². The molecule has 2 N–H and O–H groups in total. The molecule has 1 saturated carbocycles. The number of ether oxygens (including phenoxy) is 1. The zero-order valence-corrected chi connectivity index (χ0v) is 53.3. The van der Waals surface area contributed by atoms with Crippen LogP contribution in [0.25, 0.3) is 0 Å². The summed E-state index contributed by atoms with van der Waals surface area (Å²) in [5.74, 6) is 1.06. The van der Waals surface area contributed by atoms with E-state index in [1.54, 1.807) is 32.2 Å². The summed E-state index contributed by atoms with van der Waals surface area (Å²) in [7, 11) is 1.60. The van der Waals surface area contributed by atoms with E-state index in [1.807, 2.05) is 12.1 Å². The lowest BCUT2D eigenvalue weighted by molar-refractivity contribution is -0.131. The van der Waals surface area contributed by atoms with Crippen molar-refractivity contribution in [3.63, 3.8) is 0 Å². The van der Waals surface area contributed by atoms with Gasteiger partial charge >= 0.3 is 0 Å². The van der Waals surface area contributed by atoms with Crippen molar-refractivity contribution in [2.45, 2.75) is 219 Å². The van der Waals surface area contributed by atoms with Gasteiger partial charge in [-0.1, -0.05) is 91.8 Å². The van der Waals surface area contributed by atoms with Crippen LogP contribution in [0.15, 0.2) is 60.7 Å². The monoisotopic (exact) mass is 1150 g/mol. The Morgan fingerprint density at radius 1 is 0.627 bits per heavy atom. The Kier molecular flexibility index (Phi) is 21.9. The third-order valence-electron chi connectivity index (χ3n) is 20.6. The Morgan fingerprint density at radius 2 is 1.08 bits per heavy atom. The molecule has 3 spiro atoms. The maximum Gasteiger partial charge on any atom is 0.223 e. The second kappa shape index (κ2) is 28.1. The van der Waals surface area contributed by atoms with Crippen LogP contribution >= 0.6 is 0 Å². The van der Waals surface area contributed by atoms with E-state index >= 15 is 0 Å². The van der Waals surface area contributed by atoms with Crippen LogP contribution < -0.4 is 10.6 Å². The molecular weight excluding hydrogens is 1040 g/mol. The maximum absolute atomic E-state index is 14.2. The van der Waals surface area contributed by atoms with Gasteiger partial charge in [0.05, 0.1) is 24.7 Å². The molecule has 0 bridgehead atoms. The van der Waals surface area contributed by atoms with E-state index in [1.165, 1.54) is 75.4 Å². The fraction of sp³-hybridized carbons (Fsp3) is 0.704. The zero-order chi connectivity index (χ0) is 59.7. The number of carbonyl (C=O) groups excluding carboxylic acids is 3. The summed E-state index contributed by atoms with van der Waals surface area (Å²) in [6.07, 6.45) is 19.2. The Bertz CT molecular complexity index is 2630. The second-order valence-corrected chi connectivity index (χ2v) is 29.4. The number of hydrogen-bond donors (Lipinski definition) is 2. The predicted molar refractivity (Wildman–Crippen MR) is 338 cm³/mol. The molecule has 3 atom stereocenters. The third-order valence-corrected chi connectivity index (χ3v) is 20.6. The first-order valence-electron chi connectivity index (χ1n) is 32.7. The molecule has 3 heterocycles. The SMILES string of the molecule is CC(C)(C)CCN1CCC2(CC[C@@H](NC(=O)C3CC3)c3ccc(F)cc32)CC1.CCN(C(C)=O)[C@H]1CCC2(CCN(CCC(C)C)CC2)c2ccccc21.COCCC(=O)N[C@H]1CCC2(CCN(CCC(C)(C)C)CC2)c2cc(F)ccc21.[HH].[HH]. The predicted octanol–water partition coefficient (Wildman–Crippen LogP) is 14.8. The first-order valence-corrected chi connectivity index (χ1v) is 32.7. The highest BCUT2D eigenvalue weighted by atomic mass is 19.1. The number of fused-ring (bicyclic) bond motifs is 6. The molecule has 0 unspecified atom stereocenters. The van der Waals surface area contributed by atoms with Crippen molar-refractivity contribution in [3.8, 4) is 0 Å². The largest absolute Gasteiger partial charge is 0.384 e. The van der Waals surface area contributed by atoms with Crippen LogP contribution in [0.3, 0.4) is 0 Å². The molecule has 12 heteroatoms. The van der Waals surface area contributed by atoms with Crippen LogP contribution in [0.5, 0.6) is 0 Å². The van der Waals surface area contributed by atoms with E-state index in [0.717, 1.165) is 145 Å². The average molecular weight is 1150 g/mol. The third kappa shape index (κ3) is 16.9. The van der Waals surface area contributed by atoms with E-state index in [2.05, 4.69) is 117 Å². The van der Waals surface area contributed by atoms with Gasteiger partial charge in [-0.2, -0.15) is 0 Å². The van der Waals surface area contributed by atoms with Crippen molar-refractivity contribution in [1.82, 2.24) is 30.2 Å². The van der Waals surface area contributed by atoms with Gasteiger partial charge in [0.15, 0.2) is 0 Å². The molecule has 0 radical (unpaired) electrons. The van der Waals surface area contributed by atoms with Crippen LogP contribution in [0.1, 0.15) is 239 Å². The molecule has 4 aliphatic carbocycles. The molecule has 3 saturated heterocycles. The van der Waals surface area contributed by atoms with E-state index in [9.17, 15) is 23.2 Å². The number of hydrogen-bond acceptors (Lipinski definition) is 7. The summed E-state index contributed by atoms with van der Waals surface area (Å²) in [5.41, 5.74) is 8.65. The van der Waals surface area contributed by atoms with Gasteiger partial charge in [-0.05, 0) is 266 Å². The fourth-order valence-electron chi connectivity index (χ4n) is 15.0. The Balaban J connectivity index is 0.000000202. The highest BCUT2D eigenvalue weighted by molar-refractivity contribution is 5.81. The highest BCUT2D eigenvalue weighted by Gasteiger charge is 2.46. The van der Waals surface area contributed by atoms with E-state index in [4.69, 9.17) is 4.74 Å². The van der Waals surface area contributed by atoms with Gasteiger partial charge in [0.2, 0.25) is 17.7 Å². The minimum Gasteiger partial charge on any atom is -0.384 e. The van der Waals surface area contributed by atoms with Crippen molar-refractivity contribution in [2.24, 2.45) is 22.7 Å². The topological polar surface area (TPSA) is 97.5 Å². The minimum absolute atomic E-state index is 0. The summed E-state index contributed by atoms with van der Waals surface area (Å²) < 4.78 is 33.4. The molecule has 4 fully saturated rings. The van der Waals surface area contributed by atoms with Crippen LogP contribution in [-0.2, 0) is 35.4 Å². The van der Waals surface area contributed by atoms with Gasteiger partial charge in [-0.25, -0.2) is 8.78 Å². The molecule has 3 aromatic rings. The number of piperidine rings is 3. The maximum atomic E-state index is 14.2. The van der Waals surface area contributed by atoms with Gasteiger partial charge < -0.3 is 35.0 Å². The van der Waals surface area contributed by atoms with Crippen molar-refractivity contribution in [1.29, 1.82) is 0 Å².